The molecule has 1 aromatic heterocycles. The van der Waals surface area contributed by atoms with Crippen molar-refractivity contribution in [2.45, 2.75) is 12.4 Å². The van der Waals surface area contributed by atoms with E-state index >= 15 is 0 Å². The zero-order chi connectivity index (χ0) is 40.6. The number of nitrogens with zero attached hydrogens (tertiary/aromatic N) is 4. The molecule has 6 aromatic carbocycles. The highest BCUT2D eigenvalue weighted by Gasteiger charge is 2.47. The van der Waals surface area contributed by atoms with E-state index < -0.39 is 5.79 Å². The number of imidazole rings is 1. The summed E-state index contributed by atoms with van der Waals surface area (Å²) in [4.78, 5) is 16.8. The van der Waals surface area contributed by atoms with Crippen LogP contribution in [0.3, 0.4) is 0 Å². The predicted molar refractivity (Wildman–Crippen MR) is 234 cm³/mol. The molecule has 0 radical (unpaired) electrons. The van der Waals surface area contributed by atoms with Gasteiger partial charge in [-0.25, -0.2) is 15.0 Å². The van der Waals surface area contributed by atoms with Crippen molar-refractivity contribution < 1.29 is 19.3 Å². The third-order valence-electron chi connectivity index (χ3n) is 9.94. The Labute approximate surface area is 355 Å². The number of hydrogen-bond acceptors (Lipinski definition) is 7. The molecule has 58 heavy (non-hydrogen) atoms. The quantitative estimate of drug-likeness (QED) is 0.140. The molecule has 7 aromatic rings. The summed E-state index contributed by atoms with van der Waals surface area (Å²) in [5.74, 6) is 0.232. The summed E-state index contributed by atoms with van der Waals surface area (Å²) in [6.07, 6.45) is 0. The van der Waals surface area contributed by atoms with Gasteiger partial charge in [0.15, 0.2) is 11.5 Å². The maximum absolute atomic E-state index is 10.2. The summed E-state index contributed by atoms with van der Waals surface area (Å²) in [6, 6.07) is 40.9. The molecule has 1 aliphatic heterocycles. The largest absolute Gasteiger partial charge is 0.496 e. The molecule has 8 nitrogen and oxygen atoms in total. The molecule has 0 bridgehead atoms. The average Bonchev–Trinajstić information content (AvgIpc) is 3.84. The van der Waals surface area contributed by atoms with Crippen molar-refractivity contribution in [3.05, 3.63) is 176 Å². The summed E-state index contributed by atoms with van der Waals surface area (Å²) in [5.41, 5.74) is 6.39. The van der Waals surface area contributed by atoms with Crippen molar-refractivity contribution in [3.8, 4) is 51.2 Å². The molecule has 0 fully saturated rings. The van der Waals surface area contributed by atoms with Gasteiger partial charge in [-0.05, 0) is 54.6 Å². The average molecular weight is 849 g/mol. The summed E-state index contributed by atoms with van der Waals surface area (Å²) in [6.45, 7) is -0.221. The van der Waals surface area contributed by atoms with Gasteiger partial charge in [-0.3, -0.25) is 4.57 Å². The third kappa shape index (κ3) is 6.81. The van der Waals surface area contributed by atoms with Crippen LogP contribution in [0, 0.1) is 0 Å². The fourth-order valence-electron chi connectivity index (χ4n) is 7.22. The summed E-state index contributed by atoms with van der Waals surface area (Å²) < 4.78 is 19.1. The topological polar surface area (TPSA) is 90.5 Å². The Kier molecular flexibility index (Phi) is 11.0. The van der Waals surface area contributed by atoms with Crippen LogP contribution in [0.15, 0.2) is 143 Å². The molecular weight excluding hydrogens is 814 g/mol. The Hall–Kier alpha value is -5.61. The van der Waals surface area contributed by atoms with E-state index in [1.807, 2.05) is 114 Å². The van der Waals surface area contributed by atoms with E-state index in [2.05, 4.69) is 0 Å². The van der Waals surface area contributed by atoms with Gasteiger partial charge in [-0.1, -0.05) is 125 Å². The minimum Gasteiger partial charge on any atom is -0.496 e. The monoisotopic (exact) mass is 846 g/mol. The van der Waals surface area contributed by atoms with Crippen LogP contribution >= 0.6 is 46.4 Å². The van der Waals surface area contributed by atoms with Crippen molar-refractivity contribution in [1.82, 2.24) is 9.55 Å². The molecule has 1 unspecified atom stereocenters. The van der Waals surface area contributed by atoms with E-state index in [1.54, 1.807) is 45.6 Å². The van der Waals surface area contributed by atoms with Crippen LogP contribution in [-0.2, 0) is 12.4 Å². The third-order valence-corrected chi connectivity index (χ3v) is 11.3. The minimum atomic E-state index is -1.71. The van der Waals surface area contributed by atoms with Gasteiger partial charge in [0, 0.05) is 44.0 Å². The van der Waals surface area contributed by atoms with E-state index in [0.29, 0.717) is 105 Å². The SMILES string of the molecule is COc1cc(C2=NC(c3ccccc3Cl)(n3c(-c4ccccc4Cl)nc(-c4ccc(OC)c(OC)c4)c3-c3ccccc3Cl)N=C2c2ccccc2Cl)ccc1CO. The van der Waals surface area contributed by atoms with Gasteiger partial charge in [0.2, 0.25) is 0 Å². The zero-order valence-corrected chi connectivity index (χ0v) is 34.4. The normalized spacial score (nSPS) is 14.9. The number of halogens is 4. The molecule has 0 amide bonds. The van der Waals surface area contributed by atoms with Gasteiger partial charge in [0.1, 0.15) is 11.6 Å². The number of aromatic nitrogens is 2. The molecule has 1 atom stereocenters. The van der Waals surface area contributed by atoms with E-state index in [-0.39, 0.29) is 6.61 Å². The molecule has 0 aliphatic carbocycles. The minimum absolute atomic E-state index is 0.221. The Bertz CT molecular complexity index is 2770. The number of aliphatic imine (C=N–C) groups is 2. The Balaban J connectivity index is 1.60. The van der Waals surface area contributed by atoms with Gasteiger partial charge in [0.05, 0.1) is 65.8 Å². The van der Waals surface area contributed by atoms with Crippen LogP contribution in [0.5, 0.6) is 17.2 Å². The number of benzene rings is 6. The molecular formula is C46H34Cl4N4O4. The first-order chi connectivity index (χ1) is 28.2. The van der Waals surface area contributed by atoms with E-state index in [4.69, 9.17) is 75.6 Å². The van der Waals surface area contributed by atoms with Gasteiger partial charge in [-0.2, -0.15) is 0 Å². The fraction of sp³-hybridized carbons (Fsp3) is 0.109. The zero-order valence-electron chi connectivity index (χ0n) is 31.4. The number of ether oxygens (including phenoxy) is 3. The number of rotatable bonds is 11. The highest BCUT2D eigenvalue weighted by Crippen LogP contribution is 2.50. The Morgan fingerprint density at radius 2 is 1.09 bits per heavy atom. The first-order valence-electron chi connectivity index (χ1n) is 18.1. The summed E-state index contributed by atoms with van der Waals surface area (Å²) >= 11 is 28.6. The van der Waals surface area contributed by atoms with Crippen LogP contribution in [0.25, 0.3) is 33.9 Å². The molecule has 8 rings (SSSR count). The van der Waals surface area contributed by atoms with Crippen molar-refractivity contribution in [2.75, 3.05) is 21.3 Å². The lowest BCUT2D eigenvalue weighted by molar-refractivity contribution is 0.274. The van der Waals surface area contributed by atoms with E-state index in [1.165, 1.54) is 0 Å². The lowest BCUT2D eigenvalue weighted by atomic mass is 9.98. The highest BCUT2D eigenvalue weighted by atomic mass is 35.5. The Morgan fingerprint density at radius 1 is 0.552 bits per heavy atom. The fourth-order valence-corrected chi connectivity index (χ4v) is 8.15. The van der Waals surface area contributed by atoms with Gasteiger partial charge < -0.3 is 19.3 Å². The molecule has 0 spiro atoms. The number of methoxy groups -OCH3 is 3. The maximum Gasteiger partial charge on any atom is 0.263 e. The van der Waals surface area contributed by atoms with Crippen LogP contribution in [0.4, 0.5) is 0 Å². The molecule has 12 heteroatoms. The molecule has 0 saturated carbocycles. The smallest absolute Gasteiger partial charge is 0.263 e. The summed E-state index contributed by atoms with van der Waals surface area (Å²) in [7, 11) is 4.72. The predicted octanol–water partition coefficient (Wildman–Crippen LogP) is 11.7. The second kappa shape index (κ2) is 16.3. The summed E-state index contributed by atoms with van der Waals surface area (Å²) in [5, 5.41) is 11.9. The number of hydrogen-bond donors (Lipinski definition) is 1. The van der Waals surface area contributed by atoms with Crippen LogP contribution < -0.4 is 14.2 Å². The van der Waals surface area contributed by atoms with E-state index in [0.717, 1.165) is 0 Å². The first-order valence-corrected chi connectivity index (χ1v) is 19.6. The van der Waals surface area contributed by atoms with Crippen LogP contribution in [-0.4, -0.2) is 47.4 Å². The lowest BCUT2D eigenvalue weighted by Gasteiger charge is -2.30. The number of aliphatic hydroxyl groups excluding tert-OH is 1. The second-order valence-corrected chi connectivity index (χ2v) is 14.8. The van der Waals surface area contributed by atoms with Gasteiger partial charge in [-0.15, -0.1) is 0 Å². The van der Waals surface area contributed by atoms with Crippen LogP contribution in [0.2, 0.25) is 20.1 Å². The van der Waals surface area contributed by atoms with Gasteiger partial charge in [0.25, 0.3) is 5.79 Å². The van der Waals surface area contributed by atoms with E-state index in [9.17, 15) is 5.11 Å². The first kappa shape index (κ1) is 39.2. The molecule has 2 heterocycles. The van der Waals surface area contributed by atoms with Crippen molar-refractivity contribution >= 4 is 57.8 Å². The van der Waals surface area contributed by atoms with Crippen molar-refractivity contribution in [3.63, 3.8) is 0 Å². The molecule has 0 saturated heterocycles. The maximum atomic E-state index is 10.2. The van der Waals surface area contributed by atoms with Crippen LogP contribution in [0.1, 0.15) is 22.3 Å². The number of aliphatic hydroxyl groups is 1. The second-order valence-electron chi connectivity index (χ2n) is 13.2. The van der Waals surface area contributed by atoms with Crippen molar-refractivity contribution in [1.29, 1.82) is 0 Å². The lowest BCUT2D eigenvalue weighted by Crippen LogP contribution is -2.32. The molecule has 290 valence electrons. The molecule has 1 N–H and O–H groups in total. The Morgan fingerprint density at radius 3 is 1.69 bits per heavy atom. The standard InChI is InChI=1S/C46H34Cl4N4O4/c1-56-38-23-22-28(25-40(38)58-3)42-44(31-13-5-9-17-35(31)48)54(45(51-42)32-14-6-10-18-36(32)49)46(33-15-7-11-19-37(33)50)52-41(27-20-21-29(26-55)39(24-27)57-2)43(53-46)30-12-4-8-16-34(30)47/h4-25,55H,26H2,1-3H3. The molecule has 1 aliphatic rings. The highest BCUT2D eigenvalue weighted by molar-refractivity contribution is 6.56. The van der Waals surface area contributed by atoms with Crippen molar-refractivity contribution in [2.24, 2.45) is 9.98 Å². The van der Waals surface area contributed by atoms with Gasteiger partial charge >= 0.3 is 0 Å².